The van der Waals surface area contributed by atoms with Gasteiger partial charge in [-0.05, 0) is 42.5 Å². The number of piperazine rings is 1. The molecule has 1 aromatic heterocycles. The summed E-state index contributed by atoms with van der Waals surface area (Å²) in [5.74, 6) is 0.213. The lowest BCUT2D eigenvalue weighted by molar-refractivity contribution is -0.137. The summed E-state index contributed by atoms with van der Waals surface area (Å²) in [6, 6.07) is 11.9. The first-order valence-electron chi connectivity index (χ1n) is 10.8. The number of benzene rings is 2. The summed E-state index contributed by atoms with van der Waals surface area (Å²) in [4.78, 5) is 33.0. The monoisotopic (exact) mass is 504 g/mol. The number of hydrogen-bond acceptors (Lipinski definition) is 6. The van der Waals surface area contributed by atoms with Gasteiger partial charge in [0.2, 0.25) is 5.91 Å². The molecule has 0 unspecified atom stereocenters. The Labute approximate surface area is 204 Å². The lowest BCUT2D eigenvalue weighted by atomic mass is 10.1. The molecule has 1 aliphatic rings. The summed E-state index contributed by atoms with van der Waals surface area (Å²) in [5, 5.41) is 4.84. The topological polar surface area (TPSA) is 74.8 Å². The Kier molecular flexibility index (Phi) is 7.25. The molecule has 0 saturated carbocycles. The number of ether oxygens (including phenoxy) is 1. The normalized spacial score (nSPS) is 14.1. The fourth-order valence-electron chi connectivity index (χ4n) is 3.72. The van der Waals surface area contributed by atoms with Gasteiger partial charge in [0.1, 0.15) is 5.75 Å². The van der Waals surface area contributed by atoms with E-state index in [9.17, 15) is 22.8 Å². The Morgan fingerprint density at radius 2 is 1.80 bits per heavy atom. The van der Waals surface area contributed by atoms with E-state index in [0.717, 1.165) is 12.1 Å². The average Bonchev–Trinajstić information content (AvgIpc) is 3.30. The Hall–Kier alpha value is -3.60. The van der Waals surface area contributed by atoms with Crippen molar-refractivity contribution in [3.63, 3.8) is 0 Å². The van der Waals surface area contributed by atoms with E-state index >= 15 is 0 Å². The largest absolute Gasteiger partial charge is 0.497 e. The van der Waals surface area contributed by atoms with Gasteiger partial charge in [-0.3, -0.25) is 14.9 Å². The minimum Gasteiger partial charge on any atom is -0.497 e. The first kappa shape index (κ1) is 24.5. The van der Waals surface area contributed by atoms with Crippen LogP contribution in [0.3, 0.4) is 0 Å². The number of carbonyl (C=O) groups excluding carboxylic acids is 2. The number of anilines is 2. The third-order valence-electron chi connectivity index (χ3n) is 5.63. The van der Waals surface area contributed by atoms with Gasteiger partial charge in [0.05, 0.1) is 24.8 Å². The van der Waals surface area contributed by atoms with E-state index < -0.39 is 11.7 Å². The van der Waals surface area contributed by atoms with Crippen LogP contribution >= 0.6 is 11.3 Å². The molecule has 0 radical (unpaired) electrons. The zero-order valence-corrected chi connectivity index (χ0v) is 19.7. The smallest absolute Gasteiger partial charge is 0.416 e. The van der Waals surface area contributed by atoms with Gasteiger partial charge in [0.15, 0.2) is 5.13 Å². The number of carbonyl (C=O) groups is 2. The molecular formula is C24H23F3N4O3S. The van der Waals surface area contributed by atoms with Crippen LogP contribution in [0.5, 0.6) is 5.75 Å². The number of methoxy groups -OCH3 is 1. The number of hydrogen-bond donors (Lipinski definition) is 1. The molecule has 35 heavy (non-hydrogen) atoms. The van der Waals surface area contributed by atoms with Gasteiger partial charge in [-0.15, -0.1) is 11.3 Å². The number of nitrogens with one attached hydrogen (secondary N) is 1. The summed E-state index contributed by atoms with van der Waals surface area (Å²) in [5.41, 5.74) is 0.804. The molecule has 2 amide bonds. The number of alkyl halides is 3. The third-order valence-corrected chi connectivity index (χ3v) is 6.43. The number of nitrogens with zero attached hydrogens (tertiary/aromatic N) is 3. The van der Waals surface area contributed by atoms with Gasteiger partial charge in [-0.1, -0.05) is 6.07 Å². The van der Waals surface area contributed by atoms with Gasteiger partial charge in [0, 0.05) is 42.8 Å². The highest BCUT2D eigenvalue weighted by atomic mass is 32.1. The Balaban J connectivity index is 1.29. The van der Waals surface area contributed by atoms with Crippen molar-refractivity contribution < 1.29 is 27.5 Å². The number of aromatic nitrogens is 1. The van der Waals surface area contributed by atoms with Gasteiger partial charge in [-0.2, -0.15) is 13.2 Å². The fourth-order valence-corrected chi connectivity index (χ4v) is 4.42. The molecule has 0 aliphatic carbocycles. The second kappa shape index (κ2) is 10.3. The zero-order chi connectivity index (χ0) is 25.0. The highest BCUT2D eigenvalue weighted by Crippen LogP contribution is 2.32. The molecule has 1 fully saturated rings. The lowest BCUT2D eigenvalue weighted by Crippen LogP contribution is -2.49. The second-order valence-electron chi connectivity index (χ2n) is 7.92. The maximum absolute atomic E-state index is 13.0. The van der Waals surface area contributed by atoms with Crippen LogP contribution in [0.25, 0.3) is 0 Å². The maximum Gasteiger partial charge on any atom is 0.416 e. The summed E-state index contributed by atoms with van der Waals surface area (Å²) >= 11 is 1.23. The highest BCUT2D eigenvalue weighted by molar-refractivity contribution is 7.14. The summed E-state index contributed by atoms with van der Waals surface area (Å²) in [6.45, 7) is 1.68. The van der Waals surface area contributed by atoms with Crippen molar-refractivity contribution >= 4 is 34.0 Å². The molecular weight excluding hydrogens is 481 g/mol. The van der Waals surface area contributed by atoms with Crippen LogP contribution in [0.2, 0.25) is 0 Å². The van der Waals surface area contributed by atoms with Crippen LogP contribution < -0.4 is 15.0 Å². The number of halogens is 3. The minimum atomic E-state index is -4.39. The highest BCUT2D eigenvalue weighted by Gasteiger charge is 2.31. The van der Waals surface area contributed by atoms with Gasteiger partial charge in [0.25, 0.3) is 5.91 Å². The molecule has 11 heteroatoms. The first-order valence-corrected chi connectivity index (χ1v) is 11.7. The van der Waals surface area contributed by atoms with E-state index in [1.165, 1.54) is 17.4 Å². The molecule has 1 saturated heterocycles. The van der Waals surface area contributed by atoms with E-state index in [2.05, 4.69) is 10.3 Å². The number of thiazole rings is 1. The van der Waals surface area contributed by atoms with Crippen LogP contribution in [0.4, 0.5) is 24.0 Å². The van der Waals surface area contributed by atoms with E-state index in [4.69, 9.17) is 4.74 Å². The van der Waals surface area contributed by atoms with E-state index in [0.29, 0.717) is 54.0 Å². The van der Waals surface area contributed by atoms with Gasteiger partial charge >= 0.3 is 6.18 Å². The van der Waals surface area contributed by atoms with Crippen LogP contribution in [0, 0.1) is 0 Å². The molecule has 0 atom stereocenters. The standard InChI is InChI=1S/C24H23F3N4O3S/c1-34-20-7-5-16(6-8-20)22(33)29-23-28-18(15-35-23)14-21(32)31-11-9-30(10-12-31)19-4-2-3-17(13-19)24(25,26)27/h2-8,13,15H,9-12,14H2,1H3,(H,28,29,33). The van der Waals surface area contributed by atoms with Crippen LogP contribution in [0.15, 0.2) is 53.9 Å². The van der Waals surface area contributed by atoms with Gasteiger partial charge in [-0.25, -0.2) is 4.98 Å². The maximum atomic E-state index is 13.0. The van der Waals surface area contributed by atoms with Crippen LogP contribution in [-0.4, -0.2) is 55.0 Å². The SMILES string of the molecule is COc1ccc(C(=O)Nc2nc(CC(=O)N3CCN(c4cccc(C(F)(F)F)c4)CC3)cs2)cc1. The number of amides is 2. The predicted octanol–water partition coefficient (Wildman–Crippen LogP) is 4.31. The Bertz CT molecular complexity index is 1190. The van der Waals surface area contributed by atoms with Crippen molar-refractivity contribution in [1.29, 1.82) is 0 Å². The molecule has 0 bridgehead atoms. The Morgan fingerprint density at radius 1 is 1.09 bits per heavy atom. The zero-order valence-electron chi connectivity index (χ0n) is 18.8. The van der Waals surface area contributed by atoms with Crippen molar-refractivity contribution in [2.24, 2.45) is 0 Å². The third kappa shape index (κ3) is 6.10. The number of rotatable bonds is 6. The average molecular weight is 505 g/mol. The predicted molar refractivity (Wildman–Crippen MR) is 127 cm³/mol. The molecule has 7 nitrogen and oxygen atoms in total. The van der Waals surface area contributed by atoms with E-state index in [1.807, 2.05) is 4.90 Å². The molecule has 1 aliphatic heterocycles. The minimum absolute atomic E-state index is 0.0818. The molecule has 0 spiro atoms. The van der Waals surface area contributed by atoms with E-state index in [-0.39, 0.29) is 18.2 Å². The van der Waals surface area contributed by atoms with Crippen LogP contribution in [0.1, 0.15) is 21.6 Å². The van der Waals surface area contributed by atoms with Crippen molar-refractivity contribution in [1.82, 2.24) is 9.88 Å². The second-order valence-corrected chi connectivity index (χ2v) is 8.78. The molecule has 184 valence electrons. The lowest BCUT2D eigenvalue weighted by Gasteiger charge is -2.36. The van der Waals surface area contributed by atoms with Gasteiger partial charge < -0.3 is 14.5 Å². The first-order chi connectivity index (χ1) is 16.7. The summed E-state index contributed by atoms with van der Waals surface area (Å²) in [7, 11) is 1.55. The van der Waals surface area contributed by atoms with Crippen molar-refractivity contribution in [3.05, 3.63) is 70.7 Å². The van der Waals surface area contributed by atoms with Crippen molar-refractivity contribution in [2.45, 2.75) is 12.6 Å². The quantitative estimate of drug-likeness (QED) is 0.542. The Morgan fingerprint density at radius 3 is 2.46 bits per heavy atom. The van der Waals surface area contributed by atoms with Crippen LogP contribution in [-0.2, 0) is 17.4 Å². The summed E-state index contributed by atoms with van der Waals surface area (Å²) in [6.07, 6.45) is -4.31. The van der Waals surface area contributed by atoms with Crippen molar-refractivity contribution in [2.75, 3.05) is 43.5 Å². The summed E-state index contributed by atoms with van der Waals surface area (Å²) < 4.78 is 44.1. The van der Waals surface area contributed by atoms with E-state index in [1.54, 1.807) is 47.7 Å². The van der Waals surface area contributed by atoms with Crippen molar-refractivity contribution in [3.8, 4) is 5.75 Å². The molecule has 4 rings (SSSR count). The molecule has 3 aromatic rings. The molecule has 2 aromatic carbocycles. The fraction of sp³-hybridized carbons (Fsp3) is 0.292. The molecule has 1 N–H and O–H groups in total. The molecule has 2 heterocycles.